The summed E-state index contributed by atoms with van der Waals surface area (Å²) >= 11 is 0. The van der Waals surface area contributed by atoms with Crippen LogP contribution >= 0.6 is 0 Å². The van der Waals surface area contributed by atoms with Gasteiger partial charge in [0, 0.05) is 17.0 Å². The van der Waals surface area contributed by atoms with Gasteiger partial charge in [-0.05, 0) is 28.8 Å². The molecule has 1 aliphatic rings. The quantitative estimate of drug-likeness (QED) is 0.341. The molecule has 1 nitrogen and oxygen atoms in total. The van der Waals surface area contributed by atoms with Crippen LogP contribution in [0.2, 0.25) is 0 Å². The van der Waals surface area contributed by atoms with Crippen LogP contribution in [0.15, 0.2) is 115 Å². The third-order valence-corrected chi connectivity index (χ3v) is 5.50. The van der Waals surface area contributed by atoms with E-state index in [1.807, 2.05) is 0 Å². The van der Waals surface area contributed by atoms with Crippen LogP contribution in [0.4, 0.5) is 0 Å². The summed E-state index contributed by atoms with van der Waals surface area (Å²) in [4.78, 5) is 0. The molecule has 4 aromatic carbocycles. The average molecular weight is 374 g/mol. The lowest BCUT2D eigenvalue weighted by atomic mass is 9.84. The van der Waals surface area contributed by atoms with Gasteiger partial charge in [-0.25, -0.2) is 0 Å². The van der Waals surface area contributed by atoms with Gasteiger partial charge in [0.05, 0.1) is 0 Å². The van der Waals surface area contributed by atoms with Crippen LogP contribution in [0.1, 0.15) is 39.8 Å². The van der Waals surface area contributed by atoms with Gasteiger partial charge in [0.25, 0.3) is 0 Å². The van der Waals surface area contributed by atoms with Gasteiger partial charge in [0.15, 0.2) is 0 Å². The van der Waals surface area contributed by atoms with Crippen molar-refractivity contribution in [2.75, 3.05) is 0 Å². The monoisotopic (exact) mass is 374 g/mol. The Morgan fingerprint density at radius 2 is 1.17 bits per heavy atom. The van der Waals surface area contributed by atoms with Crippen molar-refractivity contribution in [2.24, 2.45) is 0 Å². The highest BCUT2D eigenvalue weighted by atomic mass is 16.5. The molecule has 0 aromatic heterocycles. The highest BCUT2D eigenvalue weighted by molar-refractivity contribution is 5.62. The van der Waals surface area contributed by atoms with Gasteiger partial charge in [-0.15, -0.1) is 0 Å². The second kappa shape index (κ2) is 7.81. The van der Waals surface area contributed by atoms with E-state index in [2.05, 4.69) is 121 Å². The topological polar surface area (TPSA) is 9.23 Å². The lowest BCUT2D eigenvalue weighted by molar-refractivity contribution is 0.256. The van der Waals surface area contributed by atoms with Crippen molar-refractivity contribution in [3.8, 4) is 5.75 Å². The number of rotatable bonds is 5. The van der Waals surface area contributed by atoms with E-state index in [1.54, 1.807) is 0 Å². The third kappa shape index (κ3) is 3.48. The Kier molecular flexibility index (Phi) is 4.72. The minimum atomic E-state index is -0.0560. The summed E-state index contributed by atoms with van der Waals surface area (Å²) in [5.41, 5.74) is 6.16. The molecule has 5 rings (SSSR count). The van der Waals surface area contributed by atoms with Gasteiger partial charge >= 0.3 is 0 Å². The van der Waals surface area contributed by atoms with E-state index in [9.17, 15) is 0 Å². The van der Waals surface area contributed by atoms with Crippen molar-refractivity contribution >= 4 is 6.08 Å². The highest BCUT2D eigenvalue weighted by Gasteiger charge is 2.23. The molecular formula is C28H22O. The maximum atomic E-state index is 6.57. The van der Waals surface area contributed by atoms with Gasteiger partial charge < -0.3 is 4.74 Å². The van der Waals surface area contributed by atoms with Crippen molar-refractivity contribution in [3.63, 3.8) is 0 Å². The third-order valence-electron chi connectivity index (χ3n) is 5.50. The number of benzene rings is 4. The number of para-hydroxylation sites is 1. The summed E-state index contributed by atoms with van der Waals surface area (Å²) in [5.74, 6) is 1.05. The minimum absolute atomic E-state index is 0.0560. The molecule has 1 unspecified atom stereocenters. The Morgan fingerprint density at radius 1 is 0.586 bits per heavy atom. The summed E-state index contributed by atoms with van der Waals surface area (Å²) in [7, 11) is 0. The van der Waals surface area contributed by atoms with Gasteiger partial charge in [-0.3, -0.25) is 0 Å². The molecule has 0 amide bonds. The van der Waals surface area contributed by atoms with Crippen molar-refractivity contribution < 1.29 is 4.74 Å². The first-order valence-electron chi connectivity index (χ1n) is 10.0. The Labute approximate surface area is 171 Å². The van der Waals surface area contributed by atoms with Crippen LogP contribution in [0, 0.1) is 0 Å². The first kappa shape index (κ1) is 17.5. The lowest BCUT2D eigenvalue weighted by Crippen LogP contribution is -2.09. The van der Waals surface area contributed by atoms with Gasteiger partial charge in [0.2, 0.25) is 0 Å². The predicted molar refractivity (Wildman–Crippen MR) is 119 cm³/mol. The number of ether oxygens (including phenoxy) is 1. The molecule has 0 radical (unpaired) electrons. The van der Waals surface area contributed by atoms with E-state index in [0.29, 0.717) is 0 Å². The molecule has 0 aliphatic heterocycles. The normalized spacial score (nSPS) is 14.7. The fraction of sp³-hybridized carbons (Fsp3) is 0.0714. The smallest absolute Gasteiger partial charge is 0.143 e. The molecule has 29 heavy (non-hydrogen) atoms. The Bertz CT molecular complexity index is 1090. The molecule has 0 spiro atoms. The fourth-order valence-electron chi connectivity index (χ4n) is 4.12. The highest BCUT2D eigenvalue weighted by Crippen LogP contribution is 2.40. The van der Waals surface area contributed by atoms with Crippen LogP contribution in [0.5, 0.6) is 5.75 Å². The van der Waals surface area contributed by atoms with Crippen LogP contribution in [0.3, 0.4) is 0 Å². The fourth-order valence-corrected chi connectivity index (χ4v) is 4.12. The van der Waals surface area contributed by atoms with Crippen molar-refractivity contribution in [3.05, 3.63) is 143 Å². The number of hydrogen-bond donors (Lipinski definition) is 0. The van der Waals surface area contributed by atoms with Crippen LogP contribution in [0.25, 0.3) is 6.08 Å². The van der Waals surface area contributed by atoms with E-state index in [4.69, 9.17) is 4.74 Å². The van der Waals surface area contributed by atoms with E-state index >= 15 is 0 Å². The zero-order chi connectivity index (χ0) is 19.5. The first-order chi connectivity index (χ1) is 14.4. The predicted octanol–water partition coefficient (Wildman–Crippen LogP) is 7.01. The number of fused-ring (bicyclic) bond motifs is 1. The van der Waals surface area contributed by atoms with Crippen LogP contribution in [-0.2, 0) is 0 Å². The molecule has 0 saturated heterocycles. The zero-order valence-electron chi connectivity index (χ0n) is 16.1. The van der Waals surface area contributed by atoms with Crippen LogP contribution in [-0.4, -0.2) is 0 Å². The first-order valence-corrected chi connectivity index (χ1v) is 10.0. The molecule has 1 atom stereocenters. The SMILES string of the molecule is C1=CC(Oc2ccccc2C(c2ccccc2)c2ccccc2)c2ccccc21. The Morgan fingerprint density at radius 3 is 1.90 bits per heavy atom. The van der Waals surface area contributed by atoms with Crippen molar-refractivity contribution in [1.82, 2.24) is 0 Å². The molecule has 4 aromatic rings. The molecule has 1 heteroatoms. The molecule has 0 fully saturated rings. The zero-order valence-corrected chi connectivity index (χ0v) is 16.1. The van der Waals surface area contributed by atoms with E-state index in [-0.39, 0.29) is 12.0 Å². The van der Waals surface area contributed by atoms with E-state index in [1.165, 1.54) is 27.8 Å². The second-order valence-corrected chi connectivity index (χ2v) is 7.32. The molecule has 140 valence electrons. The van der Waals surface area contributed by atoms with Crippen molar-refractivity contribution in [2.45, 2.75) is 12.0 Å². The summed E-state index contributed by atoms with van der Waals surface area (Å²) in [6, 6.07) is 38.2. The standard InChI is InChI=1S/C28H22O/c1-3-12-22(13-4-1)28(23-14-5-2-6-15-23)25-17-9-10-18-26(25)29-27-20-19-21-11-7-8-16-24(21)27/h1-20,27-28H. The summed E-state index contributed by atoms with van der Waals surface area (Å²) in [6.07, 6.45) is 4.23. The summed E-state index contributed by atoms with van der Waals surface area (Å²) in [6.45, 7) is 0. The molecular weight excluding hydrogens is 352 g/mol. The molecule has 0 N–H and O–H groups in total. The summed E-state index contributed by atoms with van der Waals surface area (Å²) < 4.78 is 6.57. The lowest BCUT2D eigenvalue weighted by Gasteiger charge is -2.23. The maximum absolute atomic E-state index is 6.57. The van der Waals surface area contributed by atoms with Gasteiger partial charge in [0.1, 0.15) is 11.9 Å². The van der Waals surface area contributed by atoms with E-state index in [0.717, 1.165) is 5.75 Å². The Hall–Kier alpha value is -3.58. The molecule has 0 bridgehead atoms. The minimum Gasteiger partial charge on any atom is -0.481 e. The Balaban J connectivity index is 1.58. The van der Waals surface area contributed by atoms with E-state index < -0.39 is 0 Å². The molecule has 0 saturated carbocycles. The van der Waals surface area contributed by atoms with Gasteiger partial charge in [-0.2, -0.15) is 0 Å². The largest absolute Gasteiger partial charge is 0.481 e. The molecule has 0 heterocycles. The van der Waals surface area contributed by atoms with Crippen LogP contribution < -0.4 is 4.74 Å². The second-order valence-electron chi connectivity index (χ2n) is 7.32. The maximum Gasteiger partial charge on any atom is 0.143 e. The van der Waals surface area contributed by atoms with Gasteiger partial charge in [-0.1, -0.05) is 109 Å². The summed E-state index contributed by atoms with van der Waals surface area (Å²) in [5, 5.41) is 0. The average Bonchev–Trinajstić information content (AvgIpc) is 3.20. The molecule has 1 aliphatic carbocycles. The van der Waals surface area contributed by atoms with Crippen molar-refractivity contribution in [1.29, 1.82) is 0 Å². The number of hydrogen-bond acceptors (Lipinski definition) is 1.